The normalized spacial score (nSPS) is 10.2. The van der Waals surface area contributed by atoms with Crippen LogP contribution in [0.4, 0.5) is 11.4 Å². The van der Waals surface area contributed by atoms with Gasteiger partial charge in [-0.2, -0.15) is 0 Å². The van der Waals surface area contributed by atoms with Crippen LogP contribution in [-0.4, -0.2) is 12.0 Å². The topological polar surface area (TPSA) is 64.4 Å². The largest absolute Gasteiger partial charge is 0.495 e. The predicted octanol–water partition coefficient (Wildman–Crippen LogP) is 3.83. The monoisotopic (exact) mass is 286 g/mol. The van der Waals surface area contributed by atoms with E-state index in [4.69, 9.17) is 4.74 Å². The third-order valence-corrected chi connectivity index (χ3v) is 3.31. The Morgan fingerprint density at radius 1 is 1.19 bits per heavy atom. The lowest BCUT2D eigenvalue weighted by Gasteiger charge is -2.12. The van der Waals surface area contributed by atoms with Gasteiger partial charge in [-0.1, -0.05) is 18.2 Å². The first kappa shape index (κ1) is 14.8. The number of nitro benzene ring substituents is 1. The molecule has 0 heterocycles. The van der Waals surface area contributed by atoms with E-state index in [-0.39, 0.29) is 10.6 Å². The van der Waals surface area contributed by atoms with Crippen molar-refractivity contribution < 1.29 is 9.66 Å². The van der Waals surface area contributed by atoms with Gasteiger partial charge in [0.2, 0.25) is 0 Å². The van der Waals surface area contributed by atoms with Crippen LogP contribution in [0.3, 0.4) is 0 Å². The fourth-order valence-corrected chi connectivity index (χ4v) is 2.10. The molecule has 0 amide bonds. The number of hydrogen-bond donors (Lipinski definition) is 1. The molecule has 110 valence electrons. The van der Waals surface area contributed by atoms with Gasteiger partial charge in [0, 0.05) is 18.2 Å². The second-order valence-corrected chi connectivity index (χ2v) is 4.94. The number of hydrogen-bond acceptors (Lipinski definition) is 4. The van der Waals surface area contributed by atoms with Gasteiger partial charge in [0.15, 0.2) is 0 Å². The Bertz CT molecular complexity index is 669. The van der Waals surface area contributed by atoms with Crippen molar-refractivity contribution in [2.75, 3.05) is 12.4 Å². The van der Waals surface area contributed by atoms with Gasteiger partial charge < -0.3 is 10.1 Å². The highest BCUT2D eigenvalue weighted by molar-refractivity contribution is 5.58. The third kappa shape index (κ3) is 3.51. The minimum atomic E-state index is -0.356. The molecule has 0 radical (unpaired) electrons. The highest BCUT2D eigenvalue weighted by Crippen LogP contribution is 2.26. The van der Waals surface area contributed by atoms with Gasteiger partial charge in [-0.15, -0.1) is 0 Å². The third-order valence-electron chi connectivity index (χ3n) is 3.31. The SMILES string of the molecule is COc1cc(C)ccc1NCc1ccc(C)c([N+](=O)[O-])c1. The molecule has 0 bridgehead atoms. The van der Waals surface area contributed by atoms with E-state index in [1.807, 2.05) is 31.2 Å². The molecular weight excluding hydrogens is 268 g/mol. The van der Waals surface area contributed by atoms with Gasteiger partial charge in [0.25, 0.3) is 5.69 Å². The van der Waals surface area contributed by atoms with Gasteiger partial charge >= 0.3 is 0 Å². The van der Waals surface area contributed by atoms with E-state index in [0.717, 1.165) is 22.6 Å². The van der Waals surface area contributed by atoms with Crippen LogP contribution in [0.25, 0.3) is 0 Å². The smallest absolute Gasteiger partial charge is 0.272 e. The molecular formula is C16H18N2O3. The maximum Gasteiger partial charge on any atom is 0.272 e. The molecule has 0 aliphatic heterocycles. The Morgan fingerprint density at radius 2 is 1.95 bits per heavy atom. The maximum absolute atomic E-state index is 11.0. The molecule has 2 aromatic rings. The van der Waals surface area contributed by atoms with Crippen molar-refractivity contribution in [2.45, 2.75) is 20.4 Å². The number of rotatable bonds is 5. The summed E-state index contributed by atoms with van der Waals surface area (Å²) in [6.07, 6.45) is 0. The average molecular weight is 286 g/mol. The zero-order chi connectivity index (χ0) is 15.4. The Labute approximate surface area is 123 Å². The lowest BCUT2D eigenvalue weighted by Crippen LogP contribution is -2.02. The van der Waals surface area contributed by atoms with Crippen molar-refractivity contribution >= 4 is 11.4 Å². The Balaban J connectivity index is 2.17. The van der Waals surface area contributed by atoms with E-state index < -0.39 is 0 Å². The lowest BCUT2D eigenvalue weighted by atomic mass is 10.1. The molecule has 2 aromatic carbocycles. The van der Waals surface area contributed by atoms with Crippen LogP contribution in [-0.2, 0) is 6.54 Å². The zero-order valence-corrected chi connectivity index (χ0v) is 12.3. The highest BCUT2D eigenvalue weighted by Gasteiger charge is 2.11. The molecule has 0 saturated carbocycles. The quantitative estimate of drug-likeness (QED) is 0.670. The summed E-state index contributed by atoms with van der Waals surface area (Å²) in [5.41, 5.74) is 3.64. The standard InChI is InChI=1S/C16H18N2O3/c1-11-4-7-14(16(8-11)21-3)17-10-13-6-5-12(2)15(9-13)18(19)20/h4-9,17H,10H2,1-3H3. The highest BCUT2D eigenvalue weighted by atomic mass is 16.6. The number of aryl methyl sites for hydroxylation is 2. The molecule has 21 heavy (non-hydrogen) atoms. The summed E-state index contributed by atoms with van der Waals surface area (Å²) in [6.45, 7) is 4.23. The summed E-state index contributed by atoms with van der Waals surface area (Å²) < 4.78 is 5.32. The van der Waals surface area contributed by atoms with Gasteiger partial charge in [0.1, 0.15) is 5.75 Å². The van der Waals surface area contributed by atoms with Crippen LogP contribution < -0.4 is 10.1 Å². The zero-order valence-electron chi connectivity index (χ0n) is 12.3. The minimum absolute atomic E-state index is 0.144. The minimum Gasteiger partial charge on any atom is -0.495 e. The molecule has 0 unspecified atom stereocenters. The van der Waals surface area contributed by atoms with Crippen molar-refractivity contribution in [2.24, 2.45) is 0 Å². The van der Waals surface area contributed by atoms with E-state index in [1.54, 1.807) is 26.2 Å². The number of nitrogens with one attached hydrogen (secondary N) is 1. The second-order valence-electron chi connectivity index (χ2n) is 4.94. The predicted molar refractivity (Wildman–Crippen MR) is 82.9 cm³/mol. The van der Waals surface area contributed by atoms with Crippen LogP contribution >= 0.6 is 0 Å². The van der Waals surface area contributed by atoms with E-state index >= 15 is 0 Å². The van der Waals surface area contributed by atoms with Crippen LogP contribution in [0.2, 0.25) is 0 Å². The summed E-state index contributed by atoms with van der Waals surface area (Å²) in [5, 5.41) is 14.2. The average Bonchev–Trinajstić information content (AvgIpc) is 2.46. The number of methoxy groups -OCH3 is 1. The van der Waals surface area contributed by atoms with Crippen LogP contribution in [0.5, 0.6) is 5.75 Å². The Kier molecular flexibility index (Phi) is 4.42. The van der Waals surface area contributed by atoms with Crippen molar-refractivity contribution in [1.82, 2.24) is 0 Å². The van der Waals surface area contributed by atoms with Gasteiger partial charge in [-0.05, 0) is 37.1 Å². The van der Waals surface area contributed by atoms with E-state index in [0.29, 0.717) is 12.1 Å². The molecule has 1 N–H and O–H groups in total. The lowest BCUT2D eigenvalue weighted by molar-refractivity contribution is -0.385. The van der Waals surface area contributed by atoms with Crippen LogP contribution in [0, 0.1) is 24.0 Å². The first-order chi connectivity index (χ1) is 10.0. The van der Waals surface area contributed by atoms with Crippen molar-refractivity contribution in [3.05, 3.63) is 63.2 Å². The summed E-state index contributed by atoms with van der Waals surface area (Å²) in [6, 6.07) is 11.1. The molecule has 2 rings (SSSR count). The van der Waals surface area contributed by atoms with Gasteiger partial charge in [0.05, 0.1) is 17.7 Å². The molecule has 0 atom stereocenters. The van der Waals surface area contributed by atoms with E-state index in [9.17, 15) is 10.1 Å². The molecule has 0 aliphatic carbocycles. The van der Waals surface area contributed by atoms with Crippen LogP contribution in [0.1, 0.15) is 16.7 Å². The van der Waals surface area contributed by atoms with Gasteiger partial charge in [-0.25, -0.2) is 0 Å². The van der Waals surface area contributed by atoms with Crippen molar-refractivity contribution in [3.63, 3.8) is 0 Å². The van der Waals surface area contributed by atoms with Crippen molar-refractivity contribution in [1.29, 1.82) is 0 Å². The van der Waals surface area contributed by atoms with Crippen molar-refractivity contribution in [3.8, 4) is 5.75 Å². The number of anilines is 1. The number of nitro groups is 1. The van der Waals surface area contributed by atoms with E-state index in [2.05, 4.69) is 5.32 Å². The maximum atomic E-state index is 11.0. The Morgan fingerprint density at radius 3 is 2.62 bits per heavy atom. The fraction of sp³-hybridized carbons (Fsp3) is 0.250. The summed E-state index contributed by atoms with van der Waals surface area (Å²) >= 11 is 0. The Hall–Kier alpha value is -2.56. The molecule has 5 heteroatoms. The molecule has 0 aliphatic rings. The molecule has 0 aromatic heterocycles. The van der Waals surface area contributed by atoms with Gasteiger partial charge in [-0.3, -0.25) is 10.1 Å². The summed E-state index contributed by atoms with van der Waals surface area (Å²) in [5.74, 6) is 0.761. The molecule has 5 nitrogen and oxygen atoms in total. The first-order valence-corrected chi connectivity index (χ1v) is 6.63. The molecule has 0 spiro atoms. The first-order valence-electron chi connectivity index (χ1n) is 6.63. The summed E-state index contributed by atoms with van der Waals surface area (Å²) in [4.78, 5) is 10.6. The number of benzene rings is 2. The number of ether oxygens (including phenoxy) is 1. The van der Waals surface area contributed by atoms with E-state index in [1.165, 1.54) is 0 Å². The fourth-order valence-electron chi connectivity index (χ4n) is 2.10. The molecule has 0 fully saturated rings. The summed E-state index contributed by atoms with van der Waals surface area (Å²) in [7, 11) is 1.62. The number of nitrogens with zero attached hydrogens (tertiary/aromatic N) is 1. The van der Waals surface area contributed by atoms with Crippen LogP contribution in [0.15, 0.2) is 36.4 Å². The second kappa shape index (κ2) is 6.26. The molecule has 0 saturated heterocycles.